The van der Waals surface area contributed by atoms with Gasteiger partial charge in [-0.2, -0.15) is 13.2 Å². The molecule has 33 heavy (non-hydrogen) atoms. The van der Waals surface area contributed by atoms with Gasteiger partial charge in [-0.05, 0) is 61.1 Å². The van der Waals surface area contributed by atoms with Crippen molar-refractivity contribution in [1.29, 1.82) is 0 Å². The molecule has 1 N–H and O–H groups in total. The van der Waals surface area contributed by atoms with Crippen LogP contribution in [0.1, 0.15) is 62.3 Å². The molecular formula is C26H29F4NO2. The highest BCUT2D eigenvalue weighted by molar-refractivity contribution is 5.79. The third-order valence-corrected chi connectivity index (χ3v) is 7.11. The van der Waals surface area contributed by atoms with Crippen molar-refractivity contribution in [3.8, 4) is 0 Å². The van der Waals surface area contributed by atoms with Crippen LogP contribution in [0.3, 0.4) is 0 Å². The second-order valence-corrected chi connectivity index (χ2v) is 9.78. The van der Waals surface area contributed by atoms with Gasteiger partial charge in [0.1, 0.15) is 5.82 Å². The molecule has 2 aromatic rings. The fourth-order valence-corrected chi connectivity index (χ4v) is 5.41. The molecule has 1 aliphatic carbocycles. The quantitative estimate of drug-likeness (QED) is 0.546. The van der Waals surface area contributed by atoms with Crippen molar-refractivity contribution in [3.05, 3.63) is 71.0 Å². The largest absolute Gasteiger partial charge is 0.416 e. The van der Waals surface area contributed by atoms with Crippen LogP contribution < -0.4 is 5.32 Å². The van der Waals surface area contributed by atoms with E-state index in [4.69, 9.17) is 4.74 Å². The van der Waals surface area contributed by atoms with Crippen molar-refractivity contribution >= 4 is 5.91 Å². The first kappa shape index (κ1) is 23.7. The first-order chi connectivity index (χ1) is 15.5. The average Bonchev–Trinajstić information content (AvgIpc) is 2.74. The maximum absolute atomic E-state index is 13.3. The van der Waals surface area contributed by atoms with Crippen LogP contribution in [0.4, 0.5) is 17.6 Å². The molecule has 3 nitrogen and oxygen atoms in total. The summed E-state index contributed by atoms with van der Waals surface area (Å²) in [5.41, 5.74) is -0.155. The lowest BCUT2D eigenvalue weighted by atomic mass is 9.66. The van der Waals surface area contributed by atoms with E-state index in [2.05, 4.69) is 12.2 Å². The number of rotatable bonds is 4. The SMILES string of the molecule is C[C@H]1CC[C@H]2[C@H](C1)O[C@H](c1cccc(C(F)(F)F)c1)C[C@]2(C)NC(=O)Cc1ccc(F)cc1. The molecule has 0 radical (unpaired) electrons. The van der Waals surface area contributed by atoms with Gasteiger partial charge in [-0.25, -0.2) is 4.39 Å². The maximum atomic E-state index is 13.3. The predicted octanol–water partition coefficient (Wildman–Crippen LogP) is 6.23. The van der Waals surface area contributed by atoms with Gasteiger partial charge in [-0.3, -0.25) is 4.79 Å². The number of nitrogens with one attached hydrogen (secondary N) is 1. The number of hydrogen-bond donors (Lipinski definition) is 1. The Balaban J connectivity index is 1.58. The van der Waals surface area contributed by atoms with Crippen molar-refractivity contribution in [2.75, 3.05) is 0 Å². The molecule has 1 amide bonds. The molecule has 2 aromatic carbocycles. The van der Waals surface area contributed by atoms with Crippen molar-refractivity contribution < 1.29 is 27.1 Å². The Morgan fingerprint density at radius 2 is 1.88 bits per heavy atom. The van der Waals surface area contributed by atoms with E-state index in [1.165, 1.54) is 18.2 Å². The van der Waals surface area contributed by atoms with Crippen molar-refractivity contribution in [2.45, 2.75) is 69.9 Å². The minimum atomic E-state index is -4.43. The highest BCUT2D eigenvalue weighted by Gasteiger charge is 2.49. The number of hydrogen-bond acceptors (Lipinski definition) is 2. The molecule has 4 rings (SSSR count). The molecule has 0 spiro atoms. The van der Waals surface area contributed by atoms with Gasteiger partial charge in [0.25, 0.3) is 0 Å². The van der Waals surface area contributed by atoms with Gasteiger partial charge in [0.05, 0.1) is 24.2 Å². The first-order valence-electron chi connectivity index (χ1n) is 11.4. The Kier molecular flexibility index (Phi) is 6.54. The van der Waals surface area contributed by atoms with E-state index in [0.29, 0.717) is 23.5 Å². The van der Waals surface area contributed by atoms with Crippen molar-refractivity contribution in [1.82, 2.24) is 5.32 Å². The zero-order valence-electron chi connectivity index (χ0n) is 18.8. The Hall–Kier alpha value is -2.41. The highest BCUT2D eigenvalue weighted by atomic mass is 19.4. The first-order valence-corrected chi connectivity index (χ1v) is 11.4. The van der Waals surface area contributed by atoms with Crippen LogP contribution in [0.5, 0.6) is 0 Å². The van der Waals surface area contributed by atoms with E-state index in [1.807, 2.05) is 6.92 Å². The summed E-state index contributed by atoms with van der Waals surface area (Å²) in [6, 6.07) is 11.1. The summed E-state index contributed by atoms with van der Waals surface area (Å²) in [6.45, 7) is 4.13. The summed E-state index contributed by atoms with van der Waals surface area (Å²) in [6.07, 6.45) is -1.91. The highest BCUT2D eigenvalue weighted by Crippen LogP contribution is 2.48. The van der Waals surface area contributed by atoms with E-state index in [-0.39, 0.29) is 30.2 Å². The van der Waals surface area contributed by atoms with Gasteiger partial charge in [-0.15, -0.1) is 0 Å². The third kappa shape index (κ3) is 5.40. The summed E-state index contributed by atoms with van der Waals surface area (Å²) >= 11 is 0. The number of halogens is 4. The molecule has 1 saturated carbocycles. The number of carbonyl (C=O) groups is 1. The summed E-state index contributed by atoms with van der Waals surface area (Å²) in [5, 5.41) is 3.18. The standard InChI is InChI=1S/C26H29F4NO2/c1-16-6-11-21-22(12-16)33-23(18-4-3-5-19(14-18)26(28,29)30)15-25(21,2)31-24(32)13-17-7-9-20(27)10-8-17/h3-5,7-10,14,16,21-23H,6,11-13,15H2,1-2H3,(H,31,32)/t16-,21-,22-,23-,25-/m0/s1. The van der Waals surface area contributed by atoms with Crippen molar-refractivity contribution in [2.24, 2.45) is 11.8 Å². The van der Waals surface area contributed by atoms with Gasteiger partial charge >= 0.3 is 6.18 Å². The zero-order chi connectivity index (χ0) is 23.8. The Morgan fingerprint density at radius 1 is 1.15 bits per heavy atom. The number of fused-ring (bicyclic) bond motifs is 1. The fraction of sp³-hybridized carbons (Fsp3) is 0.500. The van der Waals surface area contributed by atoms with Crippen LogP contribution in [-0.4, -0.2) is 17.6 Å². The van der Waals surface area contributed by atoms with Crippen LogP contribution in [-0.2, 0) is 22.1 Å². The van der Waals surface area contributed by atoms with E-state index < -0.39 is 23.4 Å². The molecule has 1 saturated heterocycles. The number of benzene rings is 2. The molecular weight excluding hydrogens is 434 g/mol. The van der Waals surface area contributed by atoms with E-state index in [0.717, 1.165) is 31.4 Å². The lowest BCUT2D eigenvalue weighted by molar-refractivity contribution is -0.153. The summed E-state index contributed by atoms with van der Waals surface area (Å²) in [7, 11) is 0. The lowest BCUT2D eigenvalue weighted by Crippen LogP contribution is -2.60. The third-order valence-electron chi connectivity index (χ3n) is 7.11. The Labute approximate surface area is 191 Å². The second kappa shape index (κ2) is 9.09. The molecule has 5 atom stereocenters. The lowest BCUT2D eigenvalue weighted by Gasteiger charge is -2.52. The van der Waals surface area contributed by atoms with E-state index >= 15 is 0 Å². The summed E-state index contributed by atoms with van der Waals surface area (Å²) < 4.78 is 59.4. The monoisotopic (exact) mass is 463 g/mol. The molecule has 0 bridgehead atoms. The summed E-state index contributed by atoms with van der Waals surface area (Å²) in [5.74, 6) is -0.0246. The minimum Gasteiger partial charge on any atom is -0.370 e. The average molecular weight is 464 g/mol. The number of alkyl halides is 3. The van der Waals surface area contributed by atoms with E-state index in [9.17, 15) is 22.4 Å². The minimum absolute atomic E-state index is 0.0768. The molecule has 1 aliphatic heterocycles. The molecule has 2 fully saturated rings. The Morgan fingerprint density at radius 3 is 2.58 bits per heavy atom. The zero-order valence-corrected chi connectivity index (χ0v) is 18.8. The Bertz CT molecular complexity index is 991. The molecule has 0 aromatic heterocycles. The normalized spacial score (nSPS) is 29.9. The van der Waals surface area contributed by atoms with Gasteiger partial charge in [0.2, 0.25) is 5.91 Å². The van der Waals surface area contributed by atoms with Crippen LogP contribution in [0, 0.1) is 17.7 Å². The van der Waals surface area contributed by atoms with Crippen LogP contribution in [0.2, 0.25) is 0 Å². The van der Waals surface area contributed by atoms with E-state index in [1.54, 1.807) is 18.2 Å². The van der Waals surface area contributed by atoms with Gasteiger partial charge in [0, 0.05) is 17.9 Å². The molecule has 0 unspecified atom stereocenters. The fourth-order valence-electron chi connectivity index (χ4n) is 5.41. The van der Waals surface area contributed by atoms with Crippen LogP contribution in [0.15, 0.2) is 48.5 Å². The molecule has 2 aliphatic rings. The van der Waals surface area contributed by atoms with Crippen LogP contribution >= 0.6 is 0 Å². The molecule has 7 heteroatoms. The topological polar surface area (TPSA) is 38.3 Å². The number of ether oxygens (including phenoxy) is 1. The van der Waals surface area contributed by atoms with Gasteiger partial charge < -0.3 is 10.1 Å². The number of carbonyl (C=O) groups excluding carboxylic acids is 1. The van der Waals surface area contributed by atoms with Gasteiger partial charge in [0.15, 0.2) is 0 Å². The van der Waals surface area contributed by atoms with Gasteiger partial charge in [-0.1, -0.05) is 37.6 Å². The second-order valence-electron chi connectivity index (χ2n) is 9.78. The molecule has 178 valence electrons. The van der Waals surface area contributed by atoms with Crippen LogP contribution in [0.25, 0.3) is 0 Å². The smallest absolute Gasteiger partial charge is 0.370 e. The number of amides is 1. The summed E-state index contributed by atoms with van der Waals surface area (Å²) in [4.78, 5) is 12.9. The predicted molar refractivity (Wildman–Crippen MR) is 117 cm³/mol. The molecule has 1 heterocycles. The maximum Gasteiger partial charge on any atom is 0.416 e. The van der Waals surface area contributed by atoms with Crippen molar-refractivity contribution in [3.63, 3.8) is 0 Å².